The van der Waals surface area contributed by atoms with Crippen LogP contribution in [-0.2, 0) is 14.3 Å². The zero-order valence-electron chi connectivity index (χ0n) is 9.93. The molecule has 0 radical (unpaired) electrons. The van der Waals surface area contributed by atoms with Crippen molar-refractivity contribution < 1.29 is 18.7 Å². The number of methoxy groups -OCH3 is 1. The second-order valence-electron chi connectivity index (χ2n) is 3.24. The Balaban J connectivity index is 2.55. The fourth-order valence-electron chi connectivity index (χ4n) is 1.05. The SMILES string of the molecule is COC(=O)/C=C/OC(C#Cc1ccccc1)CF. The Morgan fingerprint density at radius 3 is 2.78 bits per heavy atom. The maximum absolute atomic E-state index is 12.6. The number of benzene rings is 1. The van der Waals surface area contributed by atoms with Gasteiger partial charge in [-0.1, -0.05) is 30.0 Å². The monoisotopic (exact) mass is 248 g/mol. The minimum Gasteiger partial charge on any atom is -0.482 e. The fraction of sp³-hybridized carbons (Fsp3) is 0.214. The Morgan fingerprint density at radius 2 is 2.17 bits per heavy atom. The molecule has 1 unspecified atom stereocenters. The van der Waals surface area contributed by atoms with E-state index < -0.39 is 18.7 Å². The summed E-state index contributed by atoms with van der Waals surface area (Å²) < 4.78 is 21.9. The zero-order valence-corrected chi connectivity index (χ0v) is 9.93. The van der Waals surface area contributed by atoms with Crippen molar-refractivity contribution >= 4 is 5.97 Å². The summed E-state index contributed by atoms with van der Waals surface area (Å²) >= 11 is 0. The van der Waals surface area contributed by atoms with Crippen molar-refractivity contribution in [2.45, 2.75) is 6.10 Å². The first-order chi connectivity index (χ1) is 8.76. The van der Waals surface area contributed by atoms with Crippen LogP contribution in [0.2, 0.25) is 0 Å². The first-order valence-electron chi connectivity index (χ1n) is 5.28. The third-order valence-electron chi connectivity index (χ3n) is 1.94. The number of halogens is 1. The van der Waals surface area contributed by atoms with Gasteiger partial charge in [0.25, 0.3) is 0 Å². The van der Waals surface area contributed by atoms with Crippen LogP contribution in [0.5, 0.6) is 0 Å². The molecule has 4 heteroatoms. The van der Waals surface area contributed by atoms with Crippen molar-refractivity contribution in [1.82, 2.24) is 0 Å². The maximum Gasteiger partial charge on any atom is 0.333 e. The highest BCUT2D eigenvalue weighted by Gasteiger charge is 2.02. The van der Waals surface area contributed by atoms with Gasteiger partial charge in [-0.05, 0) is 12.1 Å². The van der Waals surface area contributed by atoms with Crippen LogP contribution >= 0.6 is 0 Å². The van der Waals surface area contributed by atoms with Gasteiger partial charge >= 0.3 is 5.97 Å². The van der Waals surface area contributed by atoms with E-state index in [1.54, 1.807) is 0 Å². The molecule has 1 aromatic carbocycles. The van der Waals surface area contributed by atoms with Crippen molar-refractivity contribution in [2.24, 2.45) is 0 Å². The third kappa shape index (κ3) is 5.17. The topological polar surface area (TPSA) is 35.5 Å². The molecular weight excluding hydrogens is 235 g/mol. The van der Waals surface area contributed by atoms with E-state index in [-0.39, 0.29) is 0 Å². The molecule has 0 heterocycles. The molecule has 0 bridgehead atoms. The summed E-state index contributed by atoms with van der Waals surface area (Å²) in [4.78, 5) is 10.7. The number of alkyl halides is 1. The van der Waals surface area contributed by atoms with Crippen LogP contribution in [0.4, 0.5) is 4.39 Å². The van der Waals surface area contributed by atoms with Gasteiger partial charge in [0.1, 0.15) is 6.67 Å². The molecule has 1 atom stereocenters. The minimum absolute atomic E-state index is 0.566. The number of carbonyl (C=O) groups is 1. The van der Waals surface area contributed by atoms with Crippen molar-refractivity contribution in [1.29, 1.82) is 0 Å². The van der Waals surface area contributed by atoms with Crippen LogP contribution in [0.3, 0.4) is 0 Å². The molecule has 0 fully saturated rings. The predicted molar refractivity (Wildman–Crippen MR) is 65.3 cm³/mol. The Kier molecular flexibility index (Phi) is 6.05. The minimum atomic E-state index is -0.897. The standard InChI is InChI=1S/C14H13FO3/c1-17-14(16)9-10-18-13(11-15)8-7-12-5-3-2-4-6-12/h2-6,9-10,13H,11H2,1H3/b10-9+. The van der Waals surface area contributed by atoms with E-state index in [0.717, 1.165) is 17.9 Å². The highest BCUT2D eigenvalue weighted by Crippen LogP contribution is 1.98. The number of ether oxygens (including phenoxy) is 2. The molecule has 0 aliphatic rings. The highest BCUT2D eigenvalue weighted by molar-refractivity contribution is 5.81. The summed E-state index contributed by atoms with van der Waals surface area (Å²) in [7, 11) is 1.24. The first kappa shape index (κ1) is 13.8. The summed E-state index contributed by atoms with van der Waals surface area (Å²) in [5.74, 6) is 4.84. The summed E-state index contributed by atoms with van der Waals surface area (Å²) in [5, 5.41) is 0. The van der Waals surface area contributed by atoms with Crippen LogP contribution in [0.15, 0.2) is 42.7 Å². The lowest BCUT2D eigenvalue weighted by Crippen LogP contribution is -2.09. The zero-order chi connectivity index (χ0) is 13.2. The molecule has 3 nitrogen and oxygen atoms in total. The summed E-state index contributed by atoms with van der Waals surface area (Å²) in [5.41, 5.74) is 0.775. The van der Waals surface area contributed by atoms with E-state index in [9.17, 15) is 9.18 Å². The molecule has 1 rings (SSSR count). The quantitative estimate of drug-likeness (QED) is 0.354. The number of hydrogen-bond acceptors (Lipinski definition) is 3. The number of rotatable bonds is 4. The van der Waals surface area contributed by atoms with E-state index in [4.69, 9.17) is 4.74 Å². The molecule has 0 aliphatic carbocycles. The van der Waals surface area contributed by atoms with Crippen molar-refractivity contribution in [2.75, 3.05) is 13.8 Å². The molecule has 0 N–H and O–H groups in total. The molecule has 0 spiro atoms. The Labute approximate surface area is 105 Å². The van der Waals surface area contributed by atoms with Gasteiger partial charge in [-0.3, -0.25) is 0 Å². The van der Waals surface area contributed by atoms with Gasteiger partial charge in [-0.2, -0.15) is 0 Å². The van der Waals surface area contributed by atoms with Gasteiger partial charge in [0.2, 0.25) is 0 Å². The molecule has 18 heavy (non-hydrogen) atoms. The largest absolute Gasteiger partial charge is 0.482 e. The average Bonchev–Trinajstić information content (AvgIpc) is 2.43. The van der Waals surface area contributed by atoms with E-state index in [1.165, 1.54) is 7.11 Å². The average molecular weight is 248 g/mol. The number of carbonyl (C=O) groups excluding carboxylic acids is 1. The van der Waals surface area contributed by atoms with E-state index in [2.05, 4.69) is 16.6 Å². The van der Waals surface area contributed by atoms with Gasteiger partial charge in [0.15, 0.2) is 6.10 Å². The molecular formula is C14H13FO3. The van der Waals surface area contributed by atoms with Gasteiger partial charge < -0.3 is 9.47 Å². The van der Waals surface area contributed by atoms with Gasteiger partial charge in [0, 0.05) is 5.56 Å². The lowest BCUT2D eigenvalue weighted by atomic mass is 10.2. The molecule has 0 aromatic heterocycles. The first-order valence-corrected chi connectivity index (χ1v) is 5.28. The fourth-order valence-corrected chi connectivity index (χ4v) is 1.05. The Bertz CT molecular complexity index is 457. The lowest BCUT2D eigenvalue weighted by Gasteiger charge is -2.04. The third-order valence-corrected chi connectivity index (χ3v) is 1.94. The normalized spacial score (nSPS) is 11.4. The van der Waals surface area contributed by atoms with Crippen molar-refractivity contribution in [3.63, 3.8) is 0 Å². The van der Waals surface area contributed by atoms with Crippen molar-refractivity contribution in [3.8, 4) is 11.8 Å². The van der Waals surface area contributed by atoms with Crippen LogP contribution in [0.1, 0.15) is 5.56 Å². The van der Waals surface area contributed by atoms with Crippen LogP contribution in [0, 0.1) is 11.8 Å². The molecule has 0 aliphatic heterocycles. The Hall–Kier alpha value is -2.28. The second kappa shape index (κ2) is 7.91. The number of esters is 1. The van der Waals surface area contributed by atoms with E-state index >= 15 is 0 Å². The van der Waals surface area contributed by atoms with Gasteiger partial charge in [0.05, 0.1) is 19.4 Å². The van der Waals surface area contributed by atoms with E-state index in [1.807, 2.05) is 30.3 Å². The van der Waals surface area contributed by atoms with Crippen LogP contribution in [-0.4, -0.2) is 25.9 Å². The molecule has 1 aromatic rings. The molecule has 94 valence electrons. The van der Waals surface area contributed by atoms with Gasteiger partial charge in [-0.25, -0.2) is 9.18 Å². The molecule has 0 amide bonds. The Morgan fingerprint density at radius 1 is 1.44 bits per heavy atom. The highest BCUT2D eigenvalue weighted by atomic mass is 19.1. The smallest absolute Gasteiger partial charge is 0.333 e. The summed E-state index contributed by atoms with van der Waals surface area (Å²) in [6.45, 7) is -0.759. The van der Waals surface area contributed by atoms with Gasteiger partial charge in [-0.15, -0.1) is 0 Å². The van der Waals surface area contributed by atoms with E-state index in [0.29, 0.717) is 0 Å². The van der Waals surface area contributed by atoms with Crippen molar-refractivity contribution in [3.05, 3.63) is 48.2 Å². The maximum atomic E-state index is 12.6. The predicted octanol–water partition coefficient (Wildman–Crippen LogP) is 2.08. The van der Waals surface area contributed by atoms with Crippen LogP contribution in [0.25, 0.3) is 0 Å². The lowest BCUT2D eigenvalue weighted by molar-refractivity contribution is -0.135. The second-order valence-corrected chi connectivity index (χ2v) is 3.24. The molecule has 0 saturated carbocycles. The summed E-state index contributed by atoms with van der Waals surface area (Å²) in [6, 6.07) is 9.17. The van der Waals surface area contributed by atoms with Crippen LogP contribution < -0.4 is 0 Å². The molecule has 0 saturated heterocycles. The summed E-state index contributed by atoms with van der Waals surface area (Å²) in [6.07, 6.45) is 1.24. The number of hydrogen-bond donors (Lipinski definition) is 0.